The first-order valence-corrected chi connectivity index (χ1v) is 8.54. The van der Waals surface area contributed by atoms with Gasteiger partial charge in [-0.15, -0.1) is 11.3 Å². The molecule has 0 unspecified atom stereocenters. The number of nitrogens with two attached hydrogens (primary N) is 1. The Bertz CT molecular complexity index is 699. The highest BCUT2D eigenvalue weighted by Crippen LogP contribution is 2.27. The van der Waals surface area contributed by atoms with Crippen LogP contribution in [0.3, 0.4) is 0 Å². The maximum Gasteiger partial charge on any atom is 0.225 e. The van der Waals surface area contributed by atoms with Crippen LogP contribution in [0.5, 0.6) is 5.75 Å². The number of nitrogen functional groups attached to an aromatic ring is 1. The third kappa shape index (κ3) is 3.83. The van der Waals surface area contributed by atoms with Gasteiger partial charge in [0.1, 0.15) is 5.75 Å². The Balaban J connectivity index is 1.52. The van der Waals surface area contributed by atoms with Crippen LogP contribution >= 0.6 is 11.3 Å². The fourth-order valence-electron chi connectivity index (χ4n) is 2.78. The highest BCUT2D eigenvalue weighted by Gasteiger charge is 2.18. The van der Waals surface area contributed by atoms with Crippen LogP contribution in [0.2, 0.25) is 0 Å². The molecular weight excluding hydrogens is 310 g/mol. The molecule has 1 aromatic heterocycles. The van der Waals surface area contributed by atoms with Crippen LogP contribution in [-0.2, 0) is 17.8 Å². The molecule has 6 heteroatoms. The minimum atomic E-state index is -0.0100. The van der Waals surface area contributed by atoms with Crippen LogP contribution in [0.25, 0.3) is 0 Å². The summed E-state index contributed by atoms with van der Waals surface area (Å²) in [4.78, 5) is 16.0. The molecule has 23 heavy (non-hydrogen) atoms. The van der Waals surface area contributed by atoms with Crippen LogP contribution in [0.15, 0.2) is 29.6 Å². The Morgan fingerprint density at radius 1 is 1.43 bits per heavy atom. The summed E-state index contributed by atoms with van der Waals surface area (Å²) in [5.41, 5.74) is 8.39. The molecule has 0 aliphatic carbocycles. The fraction of sp³-hybridized carbons (Fsp3) is 0.353. The molecule has 3 N–H and O–H groups in total. The van der Waals surface area contributed by atoms with Crippen molar-refractivity contribution in [2.75, 3.05) is 31.2 Å². The summed E-state index contributed by atoms with van der Waals surface area (Å²) >= 11 is 1.83. The summed E-state index contributed by atoms with van der Waals surface area (Å²) in [7, 11) is 1.57. The number of fused-ring (bicyclic) bond motifs is 1. The van der Waals surface area contributed by atoms with E-state index in [0.29, 0.717) is 23.5 Å². The molecule has 2 aromatic rings. The van der Waals surface area contributed by atoms with Crippen molar-refractivity contribution in [1.29, 1.82) is 0 Å². The van der Waals surface area contributed by atoms with E-state index in [9.17, 15) is 4.79 Å². The normalized spacial score (nSPS) is 14.3. The third-order valence-electron chi connectivity index (χ3n) is 4.04. The highest BCUT2D eigenvalue weighted by atomic mass is 32.1. The van der Waals surface area contributed by atoms with E-state index in [4.69, 9.17) is 10.5 Å². The Morgan fingerprint density at radius 2 is 2.30 bits per heavy atom. The molecule has 0 radical (unpaired) electrons. The fourth-order valence-corrected chi connectivity index (χ4v) is 3.67. The Morgan fingerprint density at radius 3 is 3.13 bits per heavy atom. The molecule has 3 rings (SSSR count). The zero-order valence-electron chi connectivity index (χ0n) is 13.2. The molecule has 0 spiro atoms. The number of carbonyl (C=O) groups is 1. The first kappa shape index (κ1) is 15.8. The van der Waals surface area contributed by atoms with Crippen LogP contribution in [0.4, 0.5) is 11.4 Å². The van der Waals surface area contributed by atoms with Crippen molar-refractivity contribution in [2.24, 2.45) is 0 Å². The maximum atomic E-state index is 12.2. The molecule has 5 nitrogen and oxygen atoms in total. The molecule has 1 aliphatic heterocycles. The molecule has 122 valence electrons. The van der Waals surface area contributed by atoms with Gasteiger partial charge in [0.05, 0.1) is 12.8 Å². The average Bonchev–Trinajstić information content (AvgIpc) is 3.02. The lowest BCUT2D eigenvalue weighted by molar-refractivity contribution is -0.116. The van der Waals surface area contributed by atoms with E-state index in [1.165, 1.54) is 10.4 Å². The molecular formula is C17H21N3O2S. The lowest BCUT2D eigenvalue weighted by Gasteiger charge is -2.26. The second kappa shape index (κ2) is 7.02. The average molecular weight is 331 g/mol. The molecule has 0 saturated heterocycles. The van der Waals surface area contributed by atoms with Gasteiger partial charge < -0.3 is 15.8 Å². The van der Waals surface area contributed by atoms with Crippen molar-refractivity contribution in [2.45, 2.75) is 19.4 Å². The van der Waals surface area contributed by atoms with E-state index in [2.05, 4.69) is 21.7 Å². The van der Waals surface area contributed by atoms with Gasteiger partial charge in [-0.3, -0.25) is 9.69 Å². The number of methoxy groups -OCH3 is 1. The zero-order valence-corrected chi connectivity index (χ0v) is 14.0. The van der Waals surface area contributed by atoms with E-state index < -0.39 is 0 Å². The number of thiophene rings is 1. The van der Waals surface area contributed by atoms with E-state index in [-0.39, 0.29) is 5.91 Å². The van der Waals surface area contributed by atoms with Gasteiger partial charge in [-0.05, 0) is 35.6 Å². The molecule has 1 aliphatic rings. The molecule has 0 saturated carbocycles. The topological polar surface area (TPSA) is 67.6 Å². The summed E-state index contributed by atoms with van der Waals surface area (Å²) in [6, 6.07) is 7.41. The monoisotopic (exact) mass is 331 g/mol. The van der Waals surface area contributed by atoms with E-state index >= 15 is 0 Å². The number of carbonyl (C=O) groups excluding carboxylic acids is 1. The Labute approximate surface area is 140 Å². The summed E-state index contributed by atoms with van der Waals surface area (Å²) < 4.78 is 5.25. The smallest absolute Gasteiger partial charge is 0.225 e. The van der Waals surface area contributed by atoms with Crippen molar-refractivity contribution in [1.82, 2.24) is 4.90 Å². The highest BCUT2D eigenvalue weighted by molar-refractivity contribution is 7.10. The largest absolute Gasteiger partial charge is 0.494 e. The Kier molecular flexibility index (Phi) is 4.83. The second-order valence-corrected chi connectivity index (χ2v) is 6.65. The number of rotatable bonds is 5. The number of nitrogens with one attached hydrogen (secondary N) is 1. The zero-order chi connectivity index (χ0) is 16.2. The second-order valence-electron chi connectivity index (χ2n) is 5.65. The van der Waals surface area contributed by atoms with Gasteiger partial charge in [0.2, 0.25) is 5.91 Å². The van der Waals surface area contributed by atoms with Crippen LogP contribution in [0, 0.1) is 0 Å². The van der Waals surface area contributed by atoms with Gasteiger partial charge in [-0.1, -0.05) is 0 Å². The van der Waals surface area contributed by atoms with Crippen molar-refractivity contribution in [3.05, 3.63) is 40.1 Å². The SMILES string of the molecule is COc1cc(N)ccc1NC(=O)CCN1CCc2sccc2C1. The van der Waals surface area contributed by atoms with Crippen molar-refractivity contribution < 1.29 is 9.53 Å². The number of benzene rings is 1. The van der Waals surface area contributed by atoms with Crippen molar-refractivity contribution in [3.63, 3.8) is 0 Å². The van der Waals surface area contributed by atoms with Gasteiger partial charge >= 0.3 is 0 Å². The minimum Gasteiger partial charge on any atom is -0.494 e. The molecule has 2 heterocycles. The predicted molar refractivity (Wildman–Crippen MR) is 94.0 cm³/mol. The van der Waals surface area contributed by atoms with Gasteiger partial charge in [0.25, 0.3) is 0 Å². The molecule has 1 amide bonds. The number of ether oxygens (including phenoxy) is 1. The van der Waals surface area contributed by atoms with Gasteiger partial charge in [0, 0.05) is 42.7 Å². The Hall–Kier alpha value is -2.05. The van der Waals surface area contributed by atoms with E-state index in [1.54, 1.807) is 25.3 Å². The quantitative estimate of drug-likeness (QED) is 0.827. The van der Waals surface area contributed by atoms with Gasteiger partial charge in [-0.2, -0.15) is 0 Å². The number of hydrogen-bond donors (Lipinski definition) is 2. The maximum absolute atomic E-state index is 12.2. The van der Waals surface area contributed by atoms with E-state index in [1.807, 2.05) is 11.3 Å². The molecule has 1 aromatic carbocycles. The number of amides is 1. The molecule has 0 bridgehead atoms. The standard InChI is InChI=1S/C17H21N3O2S/c1-22-15-10-13(18)2-3-14(15)19-17(21)5-8-20-7-4-16-12(11-20)6-9-23-16/h2-3,6,9-10H,4-5,7-8,11,18H2,1H3,(H,19,21). The summed E-state index contributed by atoms with van der Waals surface area (Å²) in [6.45, 7) is 2.72. The van der Waals surface area contributed by atoms with Crippen LogP contribution in [-0.4, -0.2) is 31.0 Å². The molecule has 0 atom stereocenters. The lowest BCUT2D eigenvalue weighted by atomic mass is 10.1. The number of anilines is 2. The summed E-state index contributed by atoms with van der Waals surface area (Å²) in [5.74, 6) is 0.573. The van der Waals surface area contributed by atoms with Gasteiger partial charge in [-0.25, -0.2) is 0 Å². The van der Waals surface area contributed by atoms with Crippen LogP contribution in [0.1, 0.15) is 16.9 Å². The van der Waals surface area contributed by atoms with E-state index in [0.717, 1.165) is 26.1 Å². The number of hydrogen-bond acceptors (Lipinski definition) is 5. The van der Waals surface area contributed by atoms with Crippen molar-refractivity contribution in [3.8, 4) is 5.75 Å². The van der Waals surface area contributed by atoms with Crippen LogP contribution < -0.4 is 15.8 Å². The number of nitrogens with zero attached hydrogens (tertiary/aromatic N) is 1. The first-order chi connectivity index (χ1) is 11.2. The predicted octanol–water partition coefficient (Wildman–Crippen LogP) is 2.73. The third-order valence-corrected chi connectivity index (χ3v) is 5.06. The summed E-state index contributed by atoms with van der Waals surface area (Å²) in [6.07, 6.45) is 1.55. The van der Waals surface area contributed by atoms with Gasteiger partial charge in [0.15, 0.2) is 0 Å². The first-order valence-electron chi connectivity index (χ1n) is 7.66. The summed E-state index contributed by atoms with van der Waals surface area (Å²) in [5, 5.41) is 5.05. The lowest BCUT2D eigenvalue weighted by Crippen LogP contribution is -2.32. The molecule has 0 fully saturated rings. The van der Waals surface area contributed by atoms with Crippen molar-refractivity contribution >= 4 is 28.6 Å². The minimum absolute atomic E-state index is 0.0100.